The molecule has 4 aromatic rings. The fraction of sp³-hybridized carbons (Fsp3) is 0.345. The predicted molar refractivity (Wildman–Crippen MR) is 140 cm³/mol. The van der Waals surface area contributed by atoms with E-state index in [4.69, 9.17) is 9.47 Å². The van der Waals surface area contributed by atoms with Gasteiger partial charge in [-0.1, -0.05) is 61.9 Å². The molecule has 8 heteroatoms. The molecule has 190 valence electrons. The first-order chi connectivity index (χ1) is 18.2. The molecule has 0 N–H and O–H groups in total. The summed E-state index contributed by atoms with van der Waals surface area (Å²) in [6, 6.07) is 17.1. The quantitative estimate of drug-likeness (QED) is 0.254. The van der Waals surface area contributed by atoms with Crippen LogP contribution >= 0.6 is 11.8 Å². The Balaban J connectivity index is 1.31. The summed E-state index contributed by atoms with van der Waals surface area (Å²) in [4.78, 5) is 4.30. The van der Waals surface area contributed by atoms with Crippen molar-refractivity contribution in [2.75, 3.05) is 0 Å². The zero-order valence-electron chi connectivity index (χ0n) is 20.7. The molecule has 2 aromatic heterocycles. The number of fused-ring (bicyclic) bond motifs is 1. The molecule has 1 fully saturated rings. The number of hydrogen-bond donors (Lipinski definition) is 0. The molecule has 3 atom stereocenters. The van der Waals surface area contributed by atoms with Crippen molar-refractivity contribution in [3.05, 3.63) is 89.5 Å². The second-order valence-electron chi connectivity index (χ2n) is 9.76. The zero-order valence-corrected chi connectivity index (χ0v) is 21.5. The molecular weight excluding hydrogens is 487 g/mol. The second kappa shape index (κ2) is 10.6. The molecule has 6 rings (SSSR count). The maximum absolute atomic E-state index is 14.6. The van der Waals surface area contributed by atoms with Crippen molar-refractivity contribution >= 4 is 11.8 Å². The van der Waals surface area contributed by atoms with E-state index in [0.29, 0.717) is 30.1 Å². The van der Waals surface area contributed by atoms with Crippen LogP contribution in [0.15, 0.2) is 72.1 Å². The molecule has 3 heterocycles. The van der Waals surface area contributed by atoms with Crippen molar-refractivity contribution in [2.45, 2.75) is 62.5 Å². The van der Waals surface area contributed by atoms with Crippen LogP contribution in [0.25, 0.3) is 11.4 Å². The van der Waals surface area contributed by atoms with Gasteiger partial charge in [0.15, 0.2) is 11.0 Å². The third-order valence-corrected chi connectivity index (χ3v) is 8.23. The minimum atomic E-state index is -0.521. The van der Waals surface area contributed by atoms with Gasteiger partial charge in [0.1, 0.15) is 11.6 Å². The first-order valence-corrected chi connectivity index (χ1v) is 13.8. The van der Waals surface area contributed by atoms with Gasteiger partial charge in [-0.2, -0.15) is 0 Å². The number of nitrogens with zero attached hydrogens (tertiary/aromatic N) is 4. The Hall–Kier alpha value is -3.23. The Labute approximate surface area is 220 Å². The van der Waals surface area contributed by atoms with Crippen molar-refractivity contribution in [3.8, 4) is 17.1 Å². The normalized spacial score (nSPS) is 21.3. The number of rotatable bonds is 6. The highest BCUT2D eigenvalue weighted by Gasteiger charge is 2.30. The van der Waals surface area contributed by atoms with Crippen LogP contribution in [0.3, 0.4) is 0 Å². The molecule has 0 amide bonds. The Morgan fingerprint density at radius 1 is 1.05 bits per heavy atom. The van der Waals surface area contributed by atoms with Crippen LogP contribution in [0.2, 0.25) is 0 Å². The number of thioether (sulfide) groups is 1. The molecule has 3 unspecified atom stereocenters. The molecule has 0 radical (unpaired) electrons. The number of benzene rings is 2. The highest BCUT2D eigenvalue weighted by Crippen LogP contribution is 2.42. The van der Waals surface area contributed by atoms with Crippen LogP contribution in [0.1, 0.15) is 61.6 Å². The average Bonchev–Trinajstić information content (AvgIpc) is 3.36. The van der Waals surface area contributed by atoms with E-state index in [2.05, 4.69) is 26.7 Å². The van der Waals surface area contributed by atoms with E-state index in [1.54, 1.807) is 24.0 Å². The van der Waals surface area contributed by atoms with Gasteiger partial charge in [-0.25, -0.2) is 4.39 Å². The second-order valence-corrected chi connectivity index (χ2v) is 10.7. The summed E-state index contributed by atoms with van der Waals surface area (Å²) in [5.74, 6) is 2.27. The topological polar surface area (TPSA) is 62.1 Å². The molecule has 37 heavy (non-hydrogen) atoms. The van der Waals surface area contributed by atoms with Crippen molar-refractivity contribution in [3.63, 3.8) is 0 Å². The van der Waals surface area contributed by atoms with Crippen molar-refractivity contribution < 1.29 is 13.9 Å². The van der Waals surface area contributed by atoms with Gasteiger partial charge < -0.3 is 9.47 Å². The smallest absolute Gasteiger partial charge is 0.227 e. The molecule has 1 aliphatic carbocycles. The monoisotopic (exact) mass is 516 g/mol. The van der Waals surface area contributed by atoms with Crippen LogP contribution in [-0.4, -0.2) is 19.7 Å². The summed E-state index contributed by atoms with van der Waals surface area (Å²) in [6.07, 6.45) is 7.80. The minimum absolute atomic E-state index is 0.293. The van der Waals surface area contributed by atoms with Crippen LogP contribution in [-0.2, 0) is 17.1 Å². The van der Waals surface area contributed by atoms with E-state index in [0.717, 1.165) is 39.7 Å². The first-order valence-electron chi connectivity index (χ1n) is 12.8. The Morgan fingerprint density at radius 2 is 1.92 bits per heavy atom. The standard InChI is InChI=1S/C29H29FN4O2S/c1-19-8-5-6-12-25(19)34-27(21-11-7-13-31-16-21)32-33-29(34)37-18-23-15-24(30)14-22-17-35-28(36-26(22)23)20-9-3-2-4-10-20/h2-4,7,9-11,13-16,19,25,28H,5-6,8,12,17-18H2,1H3. The van der Waals surface area contributed by atoms with Crippen LogP contribution in [0.4, 0.5) is 4.39 Å². The summed E-state index contributed by atoms with van der Waals surface area (Å²) in [5.41, 5.74) is 3.40. The van der Waals surface area contributed by atoms with E-state index in [9.17, 15) is 4.39 Å². The van der Waals surface area contributed by atoms with Crippen molar-refractivity contribution in [1.29, 1.82) is 0 Å². The molecule has 2 aliphatic rings. The first kappa shape index (κ1) is 24.1. The molecule has 6 nitrogen and oxygen atoms in total. The summed E-state index contributed by atoms with van der Waals surface area (Å²) < 4.78 is 29.0. The van der Waals surface area contributed by atoms with Gasteiger partial charge in [-0.3, -0.25) is 9.55 Å². The number of aromatic nitrogens is 4. The predicted octanol–water partition coefficient (Wildman–Crippen LogP) is 7.13. The lowest BCUT2D eigenvalue weighted by atomic mass is 9.85. The number of ether oxygens (including phenoxy) is 2. The Morgan fingerprint density at radius 3 is 2.73 bits per heavy atom. The fourth-order valence-corrected chi connectivity index (χ4v) is 6.31. The van der Waals surface area contributed by atoms with E-state index in [1.807, 2.05) is 48.7 Å². The van der Waals surface area contributed by atoms with Crippen molar-refractivity contribution in [2.24, 2.45) is 5.92 Å². The van der Waals surface area contributed by atoms with Gasteiger partial charge in [-0.15, -0.1) is 10.2 Å². The van der Waals surface area contributed by atoms with E-state index in [-0.39, 0.29) is 5.82 Å². The molecule has 0 saturated heterocycles. The van der Waals surface area contributed by atoms with Crippen LogP contribution in [0, 0.1) is 11.7 Å². The van der Waals surface area contributed by atoms with Gasteiger partial charge in [0.05, 0.1) is 6.61 Å². The van der Waals surface area contributed by atoms with E-state index < -0.39 is 6.29 Å². The fourth-order valence-electron chi connectivity index (χ4n) is 5.35. The Bertz CT molecular complexity index is 1370. The van der Waals surface area contributed by atoms with Gasteiger partial charge in [0, 0.05) is 46.4 Å². The van der Waals surface area contributed by atoms with E-state index >= 15 is 0 Å². The van der Waals surface area contributed by atoms with Crippen LogP contribution < -0.4 is 4.74 Å². The van der Waals surface area contributed by atoms with Gasteiger partial charge >= 0.3 is 0 Å². The molecule has 0 bridgehead atoms. The minimum Gasteiger partial charge on any atom is -0.460 e. The van der Waals surface area contributed by atoms with Crippen LogP contribution in [0.5, 0.6) is 5.75 Å². The van der Waals surface area contributed by atoms with Gasteiger partial charge in [-0.05, 0) is 43.0 Å². The molecule has 0 spiro atoms. The zero-order chi connectivity index (χ0) is 25.2. The van der Waals surface area contributed by atoms with Crippen molar-refractivity contribution in [1.82, 2.24) is 19.7 Å². The highest BCUT2D eigenvalue weighted by atomic mass is 32.2. The third-order valence-electron chi connectivity index (χ3n) is 7.23. The number of hydrogen-bond acceptors (Lipinski definition) is 6. The maximum Gasteiger partial charge on any atom is 0.227 e. The lowest BCUT2D eigenvalue weighted by Gasteiger charge is -2.31. The molecular formula is C29H29FN4O2S. The van der Waals surface area contributed by atoms with Gasteiger partial charge in [0.2, 0.25) is 6.29 Å². The highest BCUT2D eigenvalue weighted by molar-refractivity contribution is 7.98. The largest absolute Gasteiger partial charge is 0.460 e. The van der Waals surface area contributed by atoms with Gasteiger partial charge in [0.25, 0.3) is 0 Å². The summed E-state index contributed by atoms with van der Waals surface area (Å²) >= 11 is 1.57. The number of pyridine rings is 1. The summed E-state index contributed by atoms with van der Waals surface area (Å²) in [7, 11) is 0. The van der Waals surface area contributed by atoms with E-state index in [1.165, 1.54) is 25.3 Å². The lowest BCUT2D eigenvalue weighted by molar-refractivity contribution is -0.112. The average molecular weight is 517 g/mol. The molecule has 1 aliphatic heterocycles. The molecule has 1 saturated carbocycles. The number of halogens is 1. The lowest BCUT2D eigenvalue weighted by Crippen LogP contribution is -2.22. The SMILES string of the molecule is CC1CCCCC1n1c(SCc2cc(F)cc3c2OC(c2ccccc2)OC3)nnc1-c1cccnc1. The Kier molecular flexibility index (Phi) is 6.93. The summed E-state index contributed by atoms with van der Waals surface area (Å²) in [5, 5.41) is 10.0. The third kappa shape index (κ3) is 5.00. The summed E-state index contributed by atoms with van der Waals surface area (Å²) in [6.45, 7) is 2.61. The maximum atomic E-state index is 14.6. The molecule has 2 aromatic carbocycles.